The molecule has 1 saturated carbocycles. The minimum atomic E-state index is -0.229. The van der Waals surface area contributed by atoms with E-state index in [1.807, 2.05) is 35.2 Å². The summed E-state index contributed by atoms with van der Waals surface area (Å²) < 4.78 is 5.16. The standard InChI is InChI=1S/C24H29ClN2O4S/c1-2-31-24(30)17-6-4-10-27(14-17)23(29)16-8-9-20-19(13-16)26-22(28)21(32-20)12-15-5-3-7-18(25)11-15/h3,5,7,11-12,16-17,19-20H,2,4,6,8-10,13-14H2,1H3,(H,26,28)/b21-12+. The van der Waals surface area contributed by atoms with Gasteiger partial charge in [0.1, 0.15) is 0 Å². The molecule has 0 bridgehead atoms. The Bertz CT molecular complexity index is 921. The fourth-order valence-electron chi connectivity index (χ4n) is 4.85. The van der Waals surface area contributed by atoms with E-state index in [1.165, 1.54) is 0 Å². The van der Waals surface area contributed by atoms with Crippen molar-refractivity contribution >= 4 is 47.2 Å². The summed E-state index contributed by atoms with van der Waals surface area (Å²) in [4.78, 5) is 40.6. The van der Waals surface area contributed by atoms with Gasteiger partial charge in [-0.15, -0.1) is 11.8 Å². The smallest absolute Gasteiger partial charge is 0.310 e. The summed E-state index contributed by atoms with van der Waals surface area (Å²) in [6, 6.07) is 7.43. The van der Waals surface area contributed by atoms with Gasteiger partial charge in [-0.2, -0.15) is 0 Å². The van der Waals surface area contributed by atoms with E-state index in [2.05, 4.69) is 5.32 Å². The number of fused-ring (bicyclic) bond motifs is 1. The molecule has 172 valence electrons. The topological polar surface area (TPSA) is 75.7 Å². The highest BCUT2D eigenvalue weighted by atomic mass is 35.5. The van der Waals surface area contributed by atoms with E-state index in [9.17, 15) is 14.4 Å². The third kappa shape index (κ3) is 5.31. The number of carbonyl (C=O) groups excluding carboxylic acids is 3. The van der Waals surface area contributed by atoms with Crippen LogP contribution in [0.25, 0.3) is 6.08 Å². The van der Waals surface area contributed by atoms with E-state index in [0.717, 1.165) is 31.2 Å². The molecule has 2 heterocycles. The van der Waals surface area contributed by atoms with Crippen LogP contribution in [0, 0.1) is 11.8 Å². The van der Waals surface area contributed by atoms with Crippen LogP contribution in [0.5, 0.6) is 0 Å². The predicted octanol–water partition coefficient (Wildman–Crippen LogP) is 3.88. The van der Waals surface area contributed by atoms with Gasteiger partial charge in [0.2, 0.25) is 5.91 Å². The lowest BCUT2D eigenvalue weighted by Gasteiger charge is -2.41. The van der Waals surface area contributed by atoms with E-state index in [0.29, 0.717) is 36.0 Å². The molecule has 4 atom stereocenters. The number of amides is 2. The summed E-state index contributed by atoms with van der Waals surface area (Å²) in [5.41, 5.74) is 0.902. The Morgan fingerprint density at radius 2 is 2.12 bits per heavy atom. The van der Waals surface area contributed by atoms with Crippen LogP contribution in [0.1, 0.15) is 44.6 Å². The number of hydrogen-bond donors (Lipinski definition) is 1. The summed E-state index contributed by atoms with van der Waals surface area (Å²) in [5, 5.41) is 4.03. The number of hydrogen-bond acceptors (Lipinski definition) is 5. The van der Waals surface area contributed by atoms with Crippen molar-refractivity contribution in [3.8, 4) is 0 Å². The number of thioether (sulfide) groups is 1. The number of ether oxygens (including phenoxy) is 1. The van der Waals surface area contributed by atoms with Crippen LogP contribution in [0.3, 0.4) is 0 Å². The highest BCUT2D eigenvalue weighted by Crippen LogP contribution is 2.40. The van der Waals surface area contributed by atoms with Gasteiger partial charge in [-0.3, -0.25) is 14.4 Å². The Morgan fingerprint density at radius 3 is 2.91 bits per heavy atom. The van der Waals surface area contributed by atoms with Gasteiger partial charge in [-0.05, 0) is 62.8 Å². The molecule has 0 aromatic heterocycles. The largest absolute Gasteiger partial charge is 0.466 e. The normalized spacial score (nSPS) is 29.2. The molecule has 2 saturated heterocycles. The molecule has 4 rings (SSSR count). The lowest BCUT2D eigenvalue weighted by atomic mass is 9.83. The van der Waals surface area contributed by atoms with Crippen molar-refractivity contribution in [2.45, 2.75) is 50.3 Å². The van der Waals surface area contributed by atoms with Crippen molar-refractivity contribution in [2.24, 2.45) is 11.8 Å². The van der Waals surface area contributed by atoms with Gasteiger partial charge < -0.3 is 15.0 Å². The lowest BCUT2D eigenvalue weighted by molar-refractivity contribution is -0.152. The number of halogens is 1. The summed E-state index contributed by atoms with van der Waals surface area (Å²) in [7, 11) is 0. The molecule has 8 heteroatoms. The van der Waals surface area contributed by atoms with E-state index in [4.69, 9.17) is 16.3 Å². The van der Waals surface area contributed by atoms with Gasteiger partial charge in [-0.25, -0.2) is 0 Å². The highest BCUT2D eigenvalue weighted by Gasteiger charge is 2.41. The summed E-state index contributed by atoms with van der Waals surface area (Å²) in [5.74, 6) is -0.532. The SMILES string of the molecule is CCOC(=O)C1CCCN(C(=O)C2CCC3S/C(=C/c4cccc(Cl)c4)C(=O)NC3C2)C1. The highest BCUT2D eigenvalue weighted by molar-refractivity contribution is 8.04. The molecule has 1 N–H and O–H groups in total. The van der Waals surface area contributed by atoms with Gasteiger partial charge in [-0.1, -0.05) is 23.7 Å². The molecule has 1 aromatic rings. The molecule has 2 amide bonds. The van der Waals surface area contributed by atoms with Crippen molar-refractivity contribution in [3.63, 3.8) is 0 Å². The lowest BCUT2D eigenvalue weighted by Crippen LogP contribution is -2.53. The molecule has 6 nitrogen and oxygen atoms in total. The molecule has 0 spiro atoms. The van der Waals surface area contributed by atoms with Crippen LogP contribution in [0.2, 0.25) is 5.02 Å². The molecular weight excluding hydrogens is 448 g/mol. The fraction of sp³-hybridized carbons (Fsp3) is 0.542. The van der Waals surface area contributed by atoms with E-state index in [-0.39, 0.29) is 40.9 Å². The van der Waals surface area contributed by atoms with Gasteiger partial charge >= 0.3 is 5.97 Å². The molecule has 2 aliphatic heterocycles. The first-order valence-corrected chi connectivity index (χ1v) is 12.6. The monoisotopic (exact) mass is 476 g/mol. The number of carbonyl (C=O) groups is 3. The second-order valence-corrected chi connectivity index (χ2v) is 10.4. The average Bonchev–Trinajstić information content (AvgIpc) is 2.79. The van der Waals surface area contributed by atoms with Crippen molar-refractivity contribution in [1.29, 1.82) is 0 Å². The Morgan fingerprint density at radius 1 is 1.28 bits per heavy atom. The molecule has 4 unspecified atom stereocenters. The number of rotatable bonds is 4. The zero-order valence-corrected chi connectivity index (χ0v) is 19.8. The number of nitrogens with one attached hydrogen (secondary N) is 1. The predicted molar refractivity (Wildman–Crippen MR) is 126 cm³/mol. The van der Waals surface area contributed by atoms with E-state index in [1.54, 1.807) is 18.7 Å². The van der Waals surface area contributed by atoms with Crippen LogP contribution >= 0.6 is 23.4 Å². The maximum atomic E-state index is 13.2. The molecule has 1 aromatic carbocycles. The maximum absolute atomic E-state index is 13.2. The first-order chi connectivity index (χ1) is 15.4. The molecule has 3 aliphatic rings. The second kappa shape index (κ2) is 10.3. The third-order valence-electron chi connectivity index (χ3n) is 6.45. The Kier molecular flexibility index (Phi) is 7.46. The van der Waals surface area contributed by atoms with Gasteiger partial charge in [0.15, 0.2) is 0 Å². The van der Waals surface area contributed by atoms with Gasteiger partial charge in [0, 0.05) is 35.3 Å². The van der Waals surface area contributed by atoms with Crippen molar-refractivity contribution in [1.82, 2.24) is 10.2 Å². The van der Waals surface area contributed by atoms with E-state index >= 15 is 0 Å². The van der Waals surface area contributed by atoms with Crippen LogP contribution < -0.4 is 5.32 Å². The summed E-state index contributed by atoms with van der Waals surface area (Å²) in [6.45, 7) is 3.29. The Hall–Kier alpha value is -1.99. The van der Waals surface area contributed by atoms with Crippen LogP contribution in [-0.4, -0.2) is 53.7 Å². The van der Waals surface area contributed by atoms with Crippen LogP contribution in [-0.2, 0) is 19.1 Å². The van der Waals surface area contributed by atoms with Gasteiger partial charge in [0.25, 0.3) is 5.91 Å². The quantitative estimate of drug-likeness (QED) is 0.527. The Labute approximate surface area is 198 Å². The van der Waals surface area contributed by atoms with E-state index < -0.39 is 0 Å². The van der Waals surface area contributed by atoms with Crippen molar-refractivity contribution in [3.05, 3.63) is 39.8 Å². The number of nitrogens with zero attached hydrogens (tertiary/aromatic N) is 1. The summed E-state index contributed by atoms with van der Waals surface area (Å²) in [6.07, 6.45) is 5.78. The Balaban J connectivity index is 1.37. The number of esters is 1. The zero-order chi connectivity index (χ0) is 22.7. The first kappa shape index (κ1) is 23.2. The number of benzene rings is 1. The molecule has 3 fully saturated rings. The zero-order valence-electron chi connectivity index (χ0n) is 18.2. The van der Waals surface area contributed by atoms with Crippen LogP contribution in [0.15, 0.2) is 29.2 Å². The number of piperidine rings is 1. The minimum absolute atomic E-state index is 0.0163. The molecule has 32 heavy (non-hydrogen) atoms. The number of likely N-dealkylation sites (tertiary alicyclic amines) is 1. The van der Waals surface area contributed by atoms with Gasteiger partial charge in [0.05, 0.1) is 17.4 Å². The van der Waals surface area contributed by atoms with Crippen molar-refractivity contribution < 1.29 is 19.1 Å². The second-order valence-electron chi connectivity index (χ2n) is 8.69. The first-order valence-electron chi connectivity index (χ1n) is 11.3. The van der Waals surface area contributed by atoms with Crippen molar-refractivity contribution in [2.75, 3.05) is 19.7 Å². The average molecular weight is 477 g/mol. The fourth-order valence-corrected chi connectivity index (χ4v) is 6.34. The summed E-state index contributed by atoms with van der Waals surface area (Å²) >= 11 is 7.67. The molecule has 0 radical (unpaired) electrons. The third-order valence-corrected chi connectivity index (χ3v) is 8.11. The molecular formula is C24H29ClN2O4S. The maximum Gasteiger partial charge on any atom is 0.310 e. The molecule has 1 aliphatic carbocycles. The minimum Gasteiger partial charge on any atom is -0.466 e. The van der Waals surface area contributed by atoms with Crippen LogP contribution in [0.4, 0.5) is 0 Å².